The van der Waals surface area contributed by atoms with Crippen LogP contribution in [0, 0.1) is 25.5 Å². The molecule has 0 aliphatic carbocycles. The van der Waals surface area contributed by atoms with E-state index in [4.69, 9.17) is 0 Å². The molecule has 2 aromatic rings. The number of aryl methyl sites for hydroxylation is 2. The van der Waals surface area contributed by atoms with Gasteiger partial charge >= 0.3 is 0 Å². The van der Waals surface area contributed by atoms with Crippen molar-refractivity contribution in [2.45, 2.75) is 23.6 Å². The fraction of sp³-hybridized carbons (Fsp3) is 0.143. The molecule has 21 heavy (non-hydrogen) atoms. The number of hydrogen-bond acceptors (Lipinski definition) is 5. The van der Waals surface area contributed by atoms with Crippen LogP contribution in [0.25, 0.3) is 0 Å². The van der Waals surface area contributed by atoms with Gasteiger partial charge in [-0.25, -0.2) is 8.78 Å². The van der Waals surface area contributed by atoms with Gasteiger partial charge in [0.15, 0.2) is 0 Å². The minimum Gasteiger partial charge on any atom is -0.207 e. The standard InChI is InChI=1S/C14H12F2S5/c1-9-7-11(3-5-13(9)15)17-19-21-20-18-12-4-6-14(16)10(2)8-12/h3-8H,1-2H3. The van der Waals surface area contributed by atoms with Crippen molar-refractivity contribution in [3.8, 4) is 0 Å². The molecule has 0 amide bonds. The molecule has 0 atom stereocenters. The van der Waals surface area contributed by atoms with Crippen molar-refractivity contribution >= 4 is 51.1 Å². The highest BCUT2D eigenvalue weighted by Gasteiger charge is 2.03. The normalized spacial score (nSPS) is 10.9. The molecule has 0 spiro atoms. The van der Waals surface area contributed by atoms with E-state index in [0.717, 1.165) is 9.79 Å². The van der Waals surface area contributed by atoms with Crippen molar-refractivity contribution in [3.05, 3.63) is 59.2 Å². The average Bonchev–Trinajstić information content (AvgIpc) is 2.46. The van der Waals surface area contributed by atoms with Gasteiger partial charge < -0.3 is 0 Å². The van der Waals surface area contributed by atoms with Gasteiger partial charge in [0.05, 0.1) is 0 Å². The summed E-state index contributed by atoms with van der Waals surface area (Å²) >= 11 is 0. The van der Waals surface area contributed by atoms with E-state index in [1.54, 1.807) is 77.0 Å². The van der Waals surface area contributed by atoms with Gasteiger partial charge in [-0.1, -0.05) is 0 Å². The number of benzene rings is 2. The lowest BCUT2D eigenvalue weighted by Gasteiger charge is -2.03. The molecule has 0 unspecified atom stereocenters. The van der Waals surface area contributed by atoms with Crippen molar-refractivity contribution < 1.29 is 8.78 Å². The van der Waals surface area contributed by atoms with Crippen LogP contribution in [0.2, 0.25) is 0 Å². The summed E-state index contributed by atoms with van der Waals surface area (Å²) in [7, 11) is 8.09. The Hall–Kier alpha value is 0.0500. The number of halogens is 2. The summed E-state index contributed by atoms with van der Waals surface area (Å²) in [4.78, 5) is 2.07. The third kappa shape index (κ3) is 5.63. The maximum Gasteiger partial charge on any atom is 0.126 e. The van der Waals surface area contributed by atoms with Crippen molar-refractivity contribution in [3.63, 3.8) is 0 Å². The Balaban J connectivity index is 1.72. The summed E-state index contributed by atoms with van der Waals surface area (Å²) in [6, 6.07) is 10.2. The third-order valence-corrected chi connectivity index (χ3v) is 10.8. The van der Waals surface area contributed by atoms with Gasteiger partial charge in [0.1, 0.15) is 11.6 Å². The lowest BCUT2D eigenvalue weighted by atomic mass is 10.2. The summed E-state index contributed by atoms with van der Waals surface area (Å²) in [5.41, 5.74) is 1.32. The highest BCUT2D eigenvalue weighted by molar-refractivity contribution is 9.35. The van der Waals surface area contributed by atoms with Gasteiger partial charge in [-0.15, -0.1) is 0 Å². The van der Waals surface area contributed by atoms with E-state index in [9.17, 15) is 8.78 Å². The molecular weight excluding hydrogens is 366 g/mol. The monoisotopic (exact) mass is 378 g/mol. The van der Waals surface area contributed by atoms with Gasteiger partial charge in [-0.05, 0) is 112 Å². The Kier molecular flexibility index (Phi) is 7.15. The predicted octanol–water partition coefficient (Wildman–Crippen LogP) is 7.33. The molecule has 112 valence electrons. The molecule has 0 radical (unpaired) electrons. The largest absolute Gasteiger partial charge is 0.207 e. The zero-order chi connectivity index (χ0) is 15.2. The summed E-state index contributed by atoms with van der Waals surface area (Å²) in [6.07, 6.45) is 0. The van der Waals surface area contributed by atoms with Crippen molar-refractivity contribution in [1.82, 2.24) is 0 Å². The highest BCUT2D eigenvalue weighted by atomic mass is 33.8. The highest BCUT2D eigenvalue weighted by Crippen LogP contribution is 2.52. The zero-order valence-electron chi connectivity index (χ0n) is 11.3. The molecule has 0 heterocycles. The maximum absolute atomic E-state index is 13.1. The molecule has 0 nitrogen and oxygen atoms in total. The maximum atomic E-state index is 13.1. The predicted molar refractivity (Wildman–Crippen MR) is 96.8 cm³/mol. The Morgan fingerprint density at radius 2 is 1.10 bits per heavy atom. The summed E-state index contributed by atoms with van der Waals surface area (Å²) in [5.74, 6) is -0.345. The van der Waals surface area contributed by atoms with Crippen LogP contribution in [-0.2, 0) is 0 Å². The van der Waals surface area contributed by atoms with Gasteiger partial charge in [0.2, 0.25) is 0 Å². The zero-order valence-corrected chi connectivity index (χ0v) is 15.3. The lowest BCUT2D eigenvalue weighted by Crippen LogP contribution is -1.80. The summed E-state index contributed by atoms with van der Waals surface area (Å²) < 4.78 is 26.3. The Morgan fingerprint density at radius 1 is 0.667 bits per heavy atom. The molecule has 2 aromatic carbocycles. The first-order valence-electron chi connectivity index (χ1n) is 5.93. The Labute approximate surface area is 142 Å². The average molecular weight is 379 g/mol. The summed E-state index contributed by atoms with van der Waals surface area (Å²) in [5, 5.41) is 0. The molecule has 0 aliphatic heterocycles. The van der Waals surface area contributed by atoms with Crippen LogP contribution in [0.3, 0.4) is 0 Å². The van der Waals surface area contributed by atoms with Crippen LogP contribution in [0.5, 0.6) is 0 Å². The first-order valence-corrected chi connectivity index (χ1v) is 12.1. The van der Waals surface area contributed by atoms with Crippen molar-refractivity contribution in [2.75, 3.05) is 0 Å². The molecule has 0 aliphatic rings. The molecule has 0 saturated carbocycles. The van der Waals surface area contributed by atoms with Gasteiger partial charge in [0.25, 0.3) is 0 Å². The minimum atomic E-state index is -0.173. The van der Waals surface area contributed by atoms with Crippen molar-refractivity contribution in [1.29, 1.82) is 0 Å². The van der Waals surface area contributed by atoms with E-state index in [0.29, 0.717) is 11.1 Å². The molecule has 0 fully saturated rings. The van der Waals surface area contributed by atoms with Gasteiger partial charge in [-0.2, -0.15) is 0 Å². The smallest absolute Gasteiger partial charge is 0.126 e. The van der Waals surface area contributed by atoms with Crippen LogP contribution in [0.1, 0.15) is 11.1 Å². The molecule has 7 heteroatoms. The van der Waals surface area contributed by atoms with E-state index >= 15 is 0 Å². The topological polar surface area (TPSA) is 0 Å². The van der Waals surface area contributed by atoms with E-state index < -0.39 is 0 Å². The Bertz CT molecular complexity index is 565. The fourth-order valence-electron chi connectivity index (χ4n) is 1.46. The second-order valence-corrected chi connectivity index (χ2v) is 11.8. The van der Waals surface area contributed by atoms with Crippen LogP contribution in [0.4, 0.5) is 8.78 Å². The number of hydrogen-bond donors (Lipinski definition) is 0. The first-order chi connectivity index (χ1) is 10.1. The van der Waals surface area contributed by atoms with Crippen LogP contribution in [0.15, 0.2) is 46.2 Å². The molecule has 2 rings (SSSR count). The third-order valence-electron chi connectivity index (χ3n) is 2.57. The first kappa shape index (κ1) is 17.4. The van der Waals surface area contributed by atoms with Crippen LogP contribution < -0.4 is 0 Å². The molecule has 0 bridgehead atoms. The van der Waals surface area contributed by atoms with E-state index in [1.165, 1.54) is 12.1 Å². The second-order valence-electron chi connectivity index (χ2n) is 4.19. The number of rotatable bonds is 6. The Morgan fingerprint density at radius 3 is 1.48 bits per heavy atom. The summed E-state index contributed by atoms with van der Waals surface area (Å²) in [6.45, 7) is 3.53. The van der Waals surface area contributed by atoms with Gasteiger partial charge in [-0.3, -0.25) is 0 Å². The molecule has 0 saturated heterocycles. The van der Waals surface area contributed by atoms with Crippen molar-refractivity contribution in [2.24, 2.45) is 0 Å². The molecule has 0 aromatic heterocycles. The molecule has 0 N–H and O–H groups in total. The van der Waals surface area contributed by atoms with Crippen LogP contribution >= 0.6 is 51.1 Å². The SMILES string of the molecule is Cc1cc(SSSSSc2ccc(F)c(C)c2)ccc1F. The van der Waals surface area contributed by atoms with E-state index in [-0.39, 0.29) is 11.6 Å². The van der Waals surface area contributed by atoms with E-state index in [1.807, 2.05) is 12.1 Å². The minimum absolute atomic E-state index is 0.173. The van der Waals surface area contributed by atoms with E-state index in [2.05, 4.69) is 0 Å². The lowest BCUT2D eigenvalue weighted by molar-refractivity contribution is 0.617. The second kappa shape index (κ2) is 8.62. The molecular formula is C14H12F2S5. The van der Waals surface area contributed by atoms with Gasteiger partial charge in [0, 0.05) is 9.79 Å². The van der Waals surface area contributed by atoms with Crippen LogP contribution in [-0.4, -0.2) is 0 Å². The quantitative estimate of drug-likeness (QED) is 0.380. The fourth-order valence-corrected chi connectivity index (χ4v) is 9.78.